The third kappa shape index (κ3) is 5.39. The summed E-state index contributed by atoms with van der Waals surface area (Å²) in [5.74, 6) is -0.0761. The molecule has 0 saturated heterocycles. The monoisotopic (exact) mass is 463 g/mol. The molecule has 4 aromatic rings. The lowest BCUT2D eigenvalue weighted by Crippen LogP contribution is -2.32. The highest BCUT2D eigenvalue weighted by molar-refractivity contribution is 6.36. The predicted octanol–water partition coefficient (Wildman–Crippen LogP) is 6.80. The predicted molar refractivity (Wildman–Crippen MR) is 131 cm³/mol. The minimum absolute atomic E-state index is 0.0761. The molecule has 32 heavy (non-hydrogen) atoms. The van der Waals surface area contributed by atoms with E-state index in [1.807, 2.05) is 61.5 Å². The van der Waals surface area contributed by atoms with Gasteiger partial charge < -0.3 is 5.32 Å². The Morgan fingerprint density at radius 1 is 1.00 bits per heavy atom. The Kier molecular flexibility index (Phi) is 6.93. The number of carbonyl (C=O) groups is 1. The molecule has 0 aliphatic carbocycles. The van der Waals surface area contributed by atoms with Crippen molar-refractivity contribution in [3.63, 3.8) is 0 Å². The Labute approximate surface area is 197 Å². The van der Waals surface area contributed by atoms with E-state index in [-0.39, 0.29) is 11.9 Å². The quantitative estimate of drug-likeness (QED) is 0.316. The number of H-pyrrole nitrogens is 1. The van der Waals surface area contributed by atoms with Gasteiger partial charge in [-0.25, -0.2) is 0 Å². The summed E-state index contributed by atoms with van der Waals surface area (Å²) in [7, 11) is 0. The molecule has 0 fully saturated rings. The molecular formula is C26H23Cl2N3O. The molecule has 0 radical (unpaired) electrons. The second kappa shape index (κ2) is 10.0. The second-order valence-electron chi connectivity index (χ2n) is 7.77. The molecule has 0 aliphatic heterocycles. The number of rotatable bonds is 7. The molecule has 4 nitrogen and oxygen atoms in total. The van der Waals surface area contributed by atoms with E-state index in [1.165, 1.54) is 5.56 Å². The third-order valence-corrected chi connectivity index (χ3v) is 5.88. The molecule has 1 atom stereocenters. The highest BCUT2D eigenvalue weighted by Gasteiger charge is 2.12. The van der Waals surface area contributed by atoms with Crippen molar-refractivity contribution < 1.29 is 4.79 Å². The van der Waals surface area contributed by atoms with Crippen LogP contribution >= 0.6 is 23.2 Å². The third-order valence-electron chi connectivity index (χ3n) is 5.33. The van der Waals surface area contributed by atoms with Crippen LogP contribution in [0.5, 0.6) is 0 Å². The van der Waals surface area contributed by atoms with E-state index in [2.05, 4.69) is 27.6 Å². The van der Waals surface area contributed by atoms with Crippen molar-refractivity contribution in [3.8, 4) is 22.5 Å². The summed E-state index contributed by atoms with van der Waals surface area (Å²) in [6, 6.07) is 25.1. The first-order chi connectivity index (χ1) is 15.5. The number of hydrogen-bond acceptors (Lipinski definition) is 2. The lowest BCUT2D eigenvalue weighted by atomic mass is 10.0. The molecule has 1 heterocycles. The van der Waals surface area contributed by atoms with Gasteiger partial charge in [-0.05, 0) is 61.7 Å². The minimum atomic E-state index is -0.0761. The molecule has 2 N–H and O–H groups in total. The number of carbonyl (C=O) groups excluding carboxylic acids is 1. The summed E-state index contributed by atoms with van der Waals surface area (Å²) < 4.78 is 0. The molecule has 162 valence electrons. The van der Waals surface area contributed by atoms with Crippen LogP contribution in [0, 0.1) is 0 Å². The normalized spacial score (nSPS) is 11.8. The van der Waals surface area contributed by atoms with Crippen LogP contribution in [-0.4, -0.2) is 22.1 Å². The van der Waals surface area contributed by atoms with Crippen LogP contribution in [0.25, 0.3) is 22.5 Å². The standard InChI is InChI=1S/C26H23Cl2N3O/c1-17(7-8-18-5-3-2-4-6-18)29-26(32)20-11-9-19(10-12-20)24-16-25(31-30-24)22-14-13-21(27)15-23(22)28/h2-6,9-17H,7-8H2,1H3,(H,29,32)(H,30,31)/t17-/m0/s1. The van der Waals surface area contributed by atoms with Crippen molar-refractivity contribution in [3.05, 3.63) is 100 Å². The number of benzene rings is 3. The number of amides is 1. The average Bonchev–Trinajstić information content (AvgIpc) is 3.28. The number of halogens is 2. The van der Waals surface area contributed by atoms with Crippen LogP contribution < -0.4 is 5.32 Å². The van der Waals surface area contributed by atoms with E-state index in [4.69, 9.17) is 23.2 Å². The molecule has 0 aliphatic rings. The molecule has 0 spiro atoms. The SMILES string of the molecule is C[C@@H](CCc1ccccc1)NC(=O)c1ccc(-c2cc(-c3ccc(Cl)cc3Cl)[nH]n2)cc1. The number of aryl methyl sites for hydroxylation is 1. The van der Waals surface area contributed by atoms with Crippen LogP contribution in [0.2, 0.25) is 10.0 Å². The van der Waals surface area contributed by atoms with Gasteiger partial charge in [-0.3, -0.25) is 9.89 Å². The van der Waals surface area contributed by atoms with Crippen molar-refractivity contribution in [1.82, 2.24) is 15.5 Å². The molecule has 1 aromatic heterocycles. The number of nitrogens with zero attached hydrogens (tertiary/aromatic N) is 1. The van der Waals surface area contributed by atoms with E-state index < -0.39 is 0 Å². The highest BCUT2D eigenvalue weighted by Crippen LogP contribution is 2.31. The van der Waals surface area contributed by atoms with Gasteiger partial charge in [-0.1, -0.05) is 65.7 Å². The Morgan fingerprint density at radius 2 is 1.75 bits per heavy atom. The number of aromatic amines is 1. The van der Waals surface area contributed by atoms with Crippen LogP contribution in [0.4, 0.5) is 0 Å². The van der Waals surface area contributed by atoms with Gasteiger partial charge in [-0.2, -0.15) is 5.10 Å². The van der Waals surface area contributed by atoms with Crippen LogP contribution in [-0.2, 0) is 6.42 Å². The number of nitrogens with one attached hydrogen (secondary N) is 2. The van der Waals surface area contributed by atoms with Gasteiger partial charge in [0, 0.05) is 27.8 Å². The molecular weight excluding hydrogens is 441 g/mol. The van der Waals surface area contributed by atoms with Gasteiger partial charge in [0.1, 0.15) is 0 Å². The first-order valence-corrected chi connectivity index (χ1v) is 11.2. The Bertz CT molecular complexity index is 1200. The fraction of sp³-hybridized carbons (Fsp3) is 0.154. The topological polar surface area (TPSA) is 57.8 Å². The highest BCUT2D eigenvalue weighted by atomic mass is 35.5. The largest absolute Gasteiger partial charge is 0.350 e. The van der Waals surface area contributed by atoms with Gasteiger partial charge in [-0.15, -0.1) is 0 Å². The van der Waals surface area contributed by atoms with Crippen molar-refractivity contribution in [2.24, 2.45) is 0 Å². The van der Waals surface area contributed by atoms with Gasteiger partial charge in [0.25, 0.3) is 5.91 Å². The van der Waals surface area contributed by atoms with Crippen molar-refractivity contribution in [1.29, 1.82) is 0 Å². The fourth-order valence-corrected chi connectivity index (χ4v) is 4.03. The first kappa shape index (κ1) is 22.1. The maximum absolute atomic E-state index is 12.6. The summed E-state index contributed by atoms with van der Waals surface area (Å²) in [4.78, 5) is 12.6. The van der Waals surface area contributed by atoms with Crippen molar-refractivity contribution in [2.75, 3.05) is 0 Å². The van der Waals surface area contributed by atoms with E-state index in [1.54, 1.807) is 12.1 Å². The summed E-state index contributed by atoms with van der Waals surface area (Å²) in [6.45, 7) is 2.03. The maximum atomic E-state index is 12.6. The zero-order chi connectivity index (χ0) is 22.5. The van der Waals surface area contributed by atoms with Gasteiger partial charge in [0.15, 0.2) is 0 Å². The molecule has 1 amide bonds. The smallest absolute Gasteiger partial charge is 0.251 e. The zero-order valence-electron chi connectivity index (χ0n) is 17.6. The molecule has 0 saturated carbocycles. The zero-order valence-corrected chi connectivity index (χ0v) is 19.1. The van der Waals surface area contributed by atoms with Crippen LogP contribution in [0.3, 0.4) is 0 Å². The van der Waals surface area contributed by atoms with Gasteiger partial charge in [0.05, 0.1) is 16.4 Å². The summed E-state index contributed by atoms with van der Waals surface area (Å²) in [5.41, 5.74) is 5.21. The number of aromatic nitrogens is 2. The molecule has 0 bridgehead atoms. The average molecular weight is 464 g/mol. The van der Waals surface area contributed by atoms with Gasteiger partial charge >= 0.3 is 0 Å². The van der Waals surface area contributed by atoms with Crippen LogP contribution in [0.1, 0.15) is 29.3 Å². The van der Waals surface area contributed by atoms with Crippen LogP contribution in [0.15, 0.2) is 78.9 Å². The van der Waals surface area contributed by atoms with E-state index in [9.17, 15) is 4.79 Å². The molecule has 6 heteroatoms. The summed E-state index contributed by atoms with van der Waals surface area (Å²) in [5, 5.41) is 11.6. The maximum Gasteiger partial charge on any atom is 0.251 e. The van der Waals surface area contributed by atoms with E-state index in [0.717, 1.165) is 35.4 Å². The lowest BCUT2D eigenvalue weighted by molar-refractivity contribution is 0.0938. The Hall–Kier alpha value is -3.08. The van der Waals surface area contributed by atoms with E-state index in [0.29, 0.717) is 15.6 Å². The Morgan fingerprint density at radius 3 is 2.47 bits per heavy atom. The fourth-order valence-electron chi connectivity index (χ4n) is 3.51. The Balaban J connectivity index is 1.38. The molecule has 3 aromatic carbocycles. The number of hydrogen-bond donors (Lipinski definition) is 2. The van der Waals surface area contributed by atoms with Crippen molar-refractivity contribution in [2.45, 2.75) is 25.8 Å². The molecule has 0 unspecified atom stereocenters. The first-order valence-electron chi connectivity index (χ1n) is 10.5. The summed E-state index contributed by atoms with van der Waals surface area (Å²) >= 11 is 12.3. The summed E-state index contributed by atoms with van der Waals surface area (Å²) in [6.07, 6.45) is 1.82. The molecule has 4 rings (SSSR count). The second-order valence-corrected chi connectivity index (χ2v) is 8.61. The lowest BCUT2D eigenvalue weighted by Gasteiger charge is -2.14. The van der Waals surface area contributed by atoms with Gasteiger partial charge in [0.2, 0.25) is 0 Å². The van der Waals surface area contributed by atoms with Crippen molar-refractivity contribution >= 4 is 29.1 Å². The van der Waals surface area contributed by atoms with E-state index >= 15 is 0 Å². The minimum Gasteiger partial charge on any atom is -0.350 e.